The molecule has 0 fully saturated rings. The van der Waals surface area contributed by atoms with Crippen LogP contribution >= 0.6 is 0 Å². The van der Waals surface area contributed by atoms with Crippen LogP contribution in [0.1, 0.15) is 11.4 Å². The van der Waals surface area contributed by atoms with E-state index in [1.54, 1.807) is 13.3 Å². The predicted molar refractivity (Wildman–Crippen MR) is 99.5 cm³/mol. The number of benzene rings is 1. The minimum absolute atomic E-state index is 0.561. The fourth-order valence-electron chi connectivity index (χ4n) is 2.38. The van der Waals surface area contributed by atoms with Crippen molar-refractivity contribution in [3.63, 3.8) is 0 Å². The van der Waals surface area contributed by atoms with Crippen molar-refractivity contribution in [2.75, 3.05) is 24.3 Å². The van der Waals surface area contributed by atoms with E-state index in [1.165, 1.54) is 0 Å². The minimum atomic E-state index is 0.561. The maximum atomic E-state index is 5.16. The van der Waals surface area contributed by atoms with Gasteiger partial charge < -0.3 is 15.4 Å². The summed E-state index contributed by atoms with van der Waals surface area (Å²) >= 11 is 0. The van der Waals surface area contributed by atoms with Gasteiger partial charge in [0.25, 0.3) is 0 Å². The Morgan fingerprint density at radius 1 is 1.04 bits per heavy atom. The number of aromatic nitrogens is 3. The van der Waals surface area contributed by atoms with Gasteiger partial charge in [0.05, 0.1) is 7.11 Å². The maximum Gasteiger partial charge on any atom is 0.229 e. The average Bonchev–Trinajstić information content (AvgIpc) is 2.63. The second-order valence-electron chi connectivity index (χ2n) is 5.57. The van der Waals surface area contributed by atoms with Crippen molar-refractivity contribution < 1.29 is 4.74 Å². The molecule has 6 nitrogen and oxygen atoms in total. The van der Waals surface area contributed by atoms with E-state index in [0.29, 0.717) is 5.95 Å². The fraction of sp³-hybridized carbons (Fsp3) is 0.211. The van der Waals surface area contributed by atoms with Crippen LogP contribution in [0.15, 0.2) is 54.7 Å². The summed E-state index contributed by atoms with van der Waals surface area (Å²) in [6, 6.07) is 15.5. The molecule has 0 unspecified atom stereocenters. The van der Waals surface area contributed by atoms with Gasteiger partial charge in [0.15, 0.2) is 0 Å². The van der Waals surface area contributed by atoms with E-state index in [9.17, 15) is 0 Å². The Bertz CT molecular complexity index is 806. The molecule has 3 aromatic rings. The number of methoxy groups -OCH3 is 1. The number of aryl methyl sites for hydroxylation is 1. The number of rotatable bonds is 7. The van der Waals surface area contributed by atoms with Crippen molar-refractivity contribution >= 4 is 17.5 Å². The van der Waals surface area contributed by atoms with Gasteiger partial charge >= 0.3 is 0 Å². The van der Waals surface area contributed by atoms with Crippen LogP contribution in [0.3, 0.4) is 0 Å². The molecule has 0 aliphatic heterocycles. The standard InChI is InChI=1S/C19H21N5O/c1-14-13-18(21-12-10-15-5-3-4-11-20-15)24-19(22-14)23-16-6-8-17(25-2)9-7-16/h3-9,11,13H,10,12H2,1-2H3,(H2,21,22,23,24). The van der Waals surface area contributed by atoms with E-state index in [2.05, 4.69) is 25.6 Å². The number of nitrogens with zero attached hydrogens (tertiary/aromatic N) is 3. The van der Waals surface area contributed by atoms with Crippen molar-refractivity contribution in [1.29, 1.82) is 0 Å². The molecular weight excluding hydrogens is 314 g/mol. The van der Waals surface area contributed by atoms with Crippen molar-refractivity contribution in [1.82, 2.24) is 15.0 Å². The molecule has 1 aromatic carbocycles. The third-order valence-electron chi connectivity index (χ3n) is 3.61. The smallest absolute Gasteiger partial charge is 0.229 e. The molecule has 0 aliphatic rings. The van der Waals surface area contributed by atoms with E-state index in [1.807, 2.05) is 55.5 Å². The molecule has 3 rings (SSSR count). The largest absolute Gasteiger partial charge is 0.497 e. The SMILES string of the molecule is COc1ccc(Nc2nc(C)cc(NCCc3ccccn3)n2)cc1. The molecule has 128 valence electrons. The second kappa shape index (κ2) is 8.10. The van der Waals surface area contributed by atoms with Gasteiger partial charge in [0, 0.05) is 42.3 Å². The summed E-state index contributed by atoms with van der Waals surface area (Å²) in [4.78, 5) is 13.3. The molecule has 0 saturated heterocycles. The van der Waals surface area contributed by atoms with Gasteiger partial charge in [-0.3, -0.25) is 4.98 Å². The average molecular weight is 335 g/mol. The van der Waals surface area contributed by atoms with Crippen molar-refractivity contribution in [2.24, 2.45) is 0 Å². The third kappa shape index (κ3) is 4.91. The van der Waals surface area contributed by atoms with Gasteiger partial charge in [0.2, 0.25) is 5.95 Å². The van der Waals surface area contributed by atoms with Crippen LogP contribution in [0.25, 0.3) is 0 Å². The van der Waals surface area contributed by atoms with Crippen molar-refractivity contribution in [3.05, 3.63) is 66.1 Å². The topological polar surface area (TPSA) is 72.0 Å². The Balaban J connectivity index is 1.63. The first-order valence-electron chi connectivity index (χ1n) is 8.13. The third-order valence-corrected chi connectivity index (χ3v) is 3.61. The molecule has 0 atom stereocenters. The number of hydrogen-bond donors (Lipinski definition) is 2. The van der Waals surface area contributed by atoms with Crippen LogP contribution in [0.2, 0.25) is 0 Å². The van der Waals surface area contributed by atoms with Crippen LogP contribution in [-0.4, -0.2) is 28.6 Å². The van der Waals surface area contributed by atoms with Gasteiger partial charge in [-0.1, -0.05) is 6.07 Å². The lowest BCUT2D eigenvalue weighted by Gasteiger charge is -2.10. The fourth-order valence-corrected chi connectivity index (χ4v) is 2.38. The summed E-state index contributed by atoms with van der Waals surface area (Å²) in [5, 5.41) is 6.54. The predicted octanol–water partition coefficient (Wildman–Crippen LogP) is 3.59. The molecule has 2 aromatic heterocycles. The van der Waals surface area contributed by atoms with Gasteiger partial charge in [-0.25, -0.2) is 4.98 Å². The Morgan fingerprint density at radius 3 is 2.60 bits per heavy atom. The van der Waals surface area contributed by atoms with Crippen molar-refractivity contribution in [3.8, 4) is 5.75 Å². The summed E-state index contributed by atoms with van der Waals surface area (Å²) in [5.74, 6) is 2.16. The Labute approximate surface area is 147 Å². The molecule has 0 saturated carbocycles. The zero-order valence-electron chi connectivity index (χ0n) is 14.4. The van der Waals surface area contributed by atoms with Crippen LogP contribution in [0, 0.1) is 6.92 Å². The highest BCUT2D eigenvalue weighted by Crippen LogP contribution is 2.19. The van der Waals surface area contributed by atoms with E-state index < -0.39 is 0 Å². The molecule has 2 N–H and O–H groups in total. The highest BCUT2D eigenvalue weighted by atomic mass is 16.5. The summed E-state index contributed by atoms with van der Waals surface area (Å²) < 4.78 is 5.16. The van der Waals surface area contributed by atoms with Crippen molar-refractivity contribution in [2.45, 2.75) is 13.3 Å². The van der Waals surface area contributed by atoms with Gasteiger partial charge in [-0.15, -0.1) is 0 Å². The zero-order valence-corrected chi connectivity index (χ0v) is 14.4. The van der Waals surface area contributed by atoms with E-state index in [4.69, 9.17) is 4.74 Å². The maximum absolute atomic E-state index is 5.16. The number of hydrogen-bond acceptors (Lipinski definition) is 6. The monoisotopic (exact) mass is 335 g/mol. The Hall–Kier alpha value is -3.15. The van der Waals surface area contributed by atoms with Gasteiger partial charge in [-0.2, -0.15) is 4.98 Å². The van der Waals surface area contributed by atoms with E-state index in [-0.39, 0.29) is 0 Å². The number of anilines is 3. The molecule has 0 bridgehead atoms. The Kier molecular flexibility index (Phi) is 5.41. The lowest BCUT2D eigenvalue weighted by atomic mass is 10.3. The van der Waals surface area contributed by atoms with Crippen LogP contribution in [-0.2, 0) is 6.42 Å². The normalized spacial score (nSPS) is 10.3. The highest BCUT2D eigenvalue weighted by molar-refractivity contribution is 5.56. The lowest BCUT2D eigenvalue weighted by Crippen LogP contribution is -2.09. The van der Waals surface area contributed by atoms with Crippen LogP contribution in [0.4, 0.5) is 17.5 Å². The molecule has 25 heavy (non-hydrogen) atoms. The number of pyridine rings is 1. The molecule has 0 radical (unpaired) electrons. The second-order valence-corrected chi connectivity index (χ2v) is 5.57. The summed E-state index contributed by atoms with van der Waals surface area (Å²) in [7, 11) is 1.65. The first kappa shape index (κ1) is 16.7. The first-order chi connectivity index (χ1) is 12.2. The van der Waals surface area contributed by atoms with Crippen LogP contribution in [0.5, 0.6) is 5.75 Å². The molecule has 0 aliphatic carbocycles. The quantitative estimate of drug-likeness (QED) is 0.687. The number of nitrogens with one attached hydrogen (secondary N) is 2. The molecule has 6 heteroatoms. The van der Waals surface area contributed by atoms with Crippen LogP contribution < -0.4 is 15.4 Å². The molecule has 2 heterocycles. The highest BCUT2D eigenvalue weighted by Gasteiger charge is 2.03. The summed E-state index contributed by atoms with van der Waals surface area (Å²) in [6.45, 7) is 2.71. The first-order valence-corrected chi connectivity index (χ1v) is 8.13. The number of ether oxygens (including phenoxy) is 1. The summed E-state index contributed by atoms with van der Waals surface area (Å²) in [6.07, 6.45) is 2.65. The minimum Gasteiger partial charge on any atom is -0.497 e. The molecule has 0 amide bonds. The molecular formula is C19H21N5O. The molecule has 0 spiro atoms. The van der Waals surface area contributed by atoms with Gasteiger partial charge in [0.1, 0.15) is 11.6 Å². The van der Waals surface area contributed by atoms with Gasteiger partial charge in [-0.05, 0) is 43.3 Å². The summed E-state index contributed by atoms with van der Waals surface area (Å²) in [5.41, 5.74) is 2.86. The zero-order chi connectivity index (χ0) is 17.5. The Morgan fingerprint density at radius 2 is 1.88 bits per heavy atom. The van der Waals surface area contributed by atoms with E-state index in [0.717, 1.165) is 41.6 Å². The lowest BCUT2D eigenvalue weighted by molar-refractivity contribution is 0.415. The van der Waals surface area contributed by atoms with E-state index >= 15 is 0 Å².